The molecule has 0 aromatic heterocycles. The molecule has 3 nitrogen and oxygen atoms in total. The Balaban J connectivity index is 2.03. The summed E-state index contributed by atoms with van der Waals surface area (Å²) >= 11 is 3.15. The molecule has 0 saturated carbocycles. The van der Waals surface area contributed by atoms with Crippen molar-refractivity contribution in [2.75, 3.05) is 5.33 Å². The van der Waals surface area contributed by atoms with E-state index in [-0.39, 0.29) is 0 Å². The summed E-state index contributed by atoms with van der Waals surface area (Å²) in [5.41, 5.74) is 1.72. The maximum absolute atomic E-state index is 9.96. The van der Waals surface area contributed by atoms with E-state index in [0.29, 0.717) is 23.2 Å². The van der Waals surface area contributed by atoms with Gasteiger partial charge in [-0.1, -0.05) is 58.4 Å². The first-order valence-corrected chi connectivity index (χ1v) is 7.51. The van der Waals surface area contributed by atoms with Crippen molar-refractivity contribution < 1.29 is 14.9 Å². The number of ether oxygens (including phenoxy) is 1. The van der Waals surface area contributed by atoms with E-state index < -0.39 is 12.2 Å². The number of aliphatic hydroxyl groups excluding tert-OH is 2. The van der Waals surface area contributed by atoms with E-state index in [1.165, 1.54) is 0 Å². The van der Waals surface area contributed by atoms with Crippen LogP contribution in [0.4, 0.5) is 0 Å². The standard InChI is InChI=1S/C16H17BrO3/c17-10-15(18)16(19)13-7-4-8-14(9-13)20-11-12-5-2-1-3-6-12/h1-9,15-16,18-19H,10-11H2. The van der Waals surface area contributed by atoms with E-state index in [1.54, 1.807) is 18.2 Å². The Morgan fingerprint density at radius 3 is 2.45 bits per heavy atom. The Bertz CT molecular complexity index is 530. The molecule has 2 atom stereocenters. The van der Waals surface area contributed by atoms with E-state index >= 15 is 0 Å². The fourth-order valence-electron chi connectivity index (χ4n) is 1.84. The summed E-state index contributed by atoms with van der Waals surface area (Å²) in [6, 6.07) is 17.0. The number of benzene rings is 2. The molecule has 2 N–H and O–H groups in total. The van der Waals surface area contributed by atoms with Gasteiger partial charge in [-0.15, -0.1) is 0 Å². The van der Waals surface area contributed by atoms with Gasteiger partial charge in [-0.2, -0.15) is 0 Å². The quantitative estimate of drug-likeness (QED) is 0.797. The predicted octanol–water partition coefficient (Wildman–Crippen LogP) is 3.05. The fourth-order valence-corrected chi connectivity index (χ4v) is 2.19. The van der Waals surface area contributed by atoms with Gasteiger partial charge in [0.2, 0.25) is 0 Å². The lowest BCUT2D eigenvalue weighted by Crippen LogP contribution is -2.19. The van der Waals surface area contributed by atoms with Crippen LogP contribution in [-0.4, -0.2) is 21.6 Å². The van der Waals surface area contributed by atoms with E-state index in [9.17, 15) is 10.2 Å². The molecule has 0 spiro atoms. The Morgan fingerprint density at radius 1 is 1.00 bits per heavy atom. The molecule has 0 saturated heterocycles. The highest BCUT2D eigenvalue weighted by Gasteiger charge is 2.17. The van der Waals surface area contributed by atoms with Gasteiger partial charge in [0.15, 0.2) is 0 Å². The zero-order chi connectivity index (χ0) is 14.4. The van der Waals surface area contributed by atoms with Crippen LogP contribution in [0.15, 0.2) is 54.6 Å². The second kappa shape index (κ2) is 7.43. The van der Waals surface area contributed by atoms with Crippen LogP contribution in [0, 0.1) is 0 Å². The van der Waals surface area contributed by atoms with E-state index in [1.807, 2.05) is 36.4 Å². The van der Waals surface area contributed by atoms with E-state index in [4.69, 9.17) is 4.74 Å². The Kier molecular flexibility index (Phi) is 5.59. The molecule has 0 bridgehead atoms. The lowest BCUT2D eigenvalue weighted by molar-refractivity contribution is 0.0341. The Morgan fingerprint density at radius 2 is 1.75 bits per heavy atom. The molecule has 2 unspecified atom stereocenters. The van der Waals surface area contributed by atoms with Gasteiger partial charge in [-0.05, 0) is 23.3 Å². The van der Waals surface area contributed by atoms with Gasteiger partial charge in [0.1, 0.15) is 18.5 Å². The molecule has 2 aromatic rings. The van der Waals surface area contributed by atoms with Gasteiger partial charge in [0.25, 0.3) is 0 Å². The zero-order valence-corrected chi connectivity index (χ0v) is 12.5. The summed E-state index contributed by atoms with van der Waals surface area (Å²) in [4.78, 5) is 0. The van der Waals surface area contributed by atoms with Gasteiger partial charge in [-0.25, -0.2) is 0 Å². The molecule has 0 radical (unpaired) electrons. The average Bonchev–Trinajstić information content (AvgIpc) is 2.52. The molecular formula is C16H17BrO3. The highest BCUT2D eigenvalue weighted by atomic mass is 79.9. The molecule has 0 aliphatic carbocycles. The minimum absolute atomic E-state index is 0.323. The molecule has 0 amide bonds. The lowest BCUT2D eigenvalue weighted by atomic mass is 10.1. The van der Waals surface area contributed by atoms with Crippen molar-refractivity contribution in [3.8, 4) is 5.75 Å². The summed E-state index contributed by atoms with van der Waals surface area (Å²) in [5, 5.41) is 19.9. The van der Waals surface area contributed by atoms with Crippen molar-refractivity contribution in [3.63, 3.8) is 0 Å². The summed E-state index contributed by atoms with van der Waals surface area (Å²) in [5.74, 6) is 0.673. The van der Waals surface area contributed by atoms with Crippen LogP contribution in [0.1, 0.15) is 17.2 Å². The first kappa shape index (κ1) is 15.0. The fraction of sp³-hybridized carbons (Fsp3) is 0.250. The van der Waals surface area contributed by atoms with Crippen LogP contribution >= 0.6 is 15.9 Å². The molecule has 2 aromatic carbocycles. The third-order valence-electron chi connectivity index (χ3n) is 2.97. The third kappa shape index (κ3) is 4.07. The third-order valence-corrected chi connectivity index (χ3v) is 3.63. The number of hydrogen-bond donors (Lipinski definition) is 2. The van der Waals surface area contributed by atoms with Crippen LogP contribution < -0.4 is 4.74 Å². The minimum Gasteiger partial charge on any atom is -0.489 e. The number of hydrogen-bond acceptors (Lipinski definition) is 3. The van der Waals surface area contributed by atoms with Crippen LogP contribution in [-0.2, 0) is 6.61 Å². The van der Waals surface area contributed by atoms with Gasteiger partial charge in [0.05, 0.1) is 6.10 Å². The van der Waals surface area contributed by atoms with Crippen LogP contribution in [0.3, 0.4) is 0 Å². The van der Waals surface area contributed by atoms with Crippen molar-refractivity contribution in [1.82, 2.24) is 0 Å². The Labute approximate surface area is 127 Å². The van der Waals surface area contributed by atoms with Crippen molar-refractivity contribution in [2.24, 2.45) is 0 Å². The summed E-state index contributed by atoms with van der Waals surface area (Å²) in [7, 11) is 0. The number of alkyl halides is 1. The minimum atomic E-state index is -0.922. The molecule has 0 fully saturated rings. The van der Waals surface area contributed by atoms with Gasteiger partial charge in [0, 0.05) is 5.33 Å². The number of halogens is 1. The second-order valence-corrected chi connectivity index (χ2v) is 5.16. The van der Waals surface area contributed by atoms with Crippen molar-refractivity contribution in [3.05, 3.63) is 65.7 Å². The summed E-state index contributed by atoms with van der Waals surface area (Å²) < 4.78 is 5.69. The molecule has 0 heterocycles. The second-order valence-electron chi connectivity index (χ2n) is 4.51. The first-order valence-electron chi connectivity index (χ1n) is 6.39. The van der Waals surface area contributed by atoms with E-state index in [2.05, 4.69) is 15.9 Å². The maximum Gasteiger partial charge on any atom is 0.120 e. The van der Waals surface area contributed by atoms with Crippen molar-refractivity contribution >= 4 is 15.9 Å². The molecule has 2 rings (SSSR count). The van der Waals surface area contributed by atoms with Gasteiger partial charge in [-0.3, -0.25) is 0 Å². The average molecular weight is 337 g/mol. The largest absolute Gasteiger partial charge is 0.489 e. The van der Waals surface area contributed by atoms with E-state index in [0.717, 1.165) is 5.56 Å². The zero-order valence-electron chi connectivity index (χ0n) is 10.9. The van der Waals surface area contributed by atoms with Gasteiger partial charge >= 0.3 is 0 Å². The lowest BCUT2D eigenvalue weighted by Gasteiger charge is -2.16. The maximum atomic E-state index is 9.96. The molecule has 20 heavy (non-hydrogen) atoms. The highest BCUT2D eigenvalue weighted by molar-refractivity contribution is 9.09. The molecule has 0 aliphatic rings. The summed E-state index contributed by atoms with van der Waals surface area (Å²) in [6.45, 7) is 0.474. The normalized spacial score (nSPS) is 13.8. The van der Waals surface area contributed by atoms with Crippen molar-refractivity contribution in [2.45, 2.75) is 18.8 Å². The number of aliphatic hydroxyl groups is 2. The first-order chi connectivity index (χ1) is 9.70. The van der Waals surface area contributed by atoms with Crippen LogP contribution in [0.25, 0.3) is 0 Å². The smallest absolute Gasteiger partial charge is 0.120 e. The molecule has 0 aliphatic heterocycles. The molecule has 106 valence electrons. The SMILES string of the molecule is OC(CBr)C(O)c1cccc(OCc2ccccc2)c1. The summed E-state index contributed by atoms with van der Waals surface area (Å²) in [6.07, 6.45) is -1.76. The molecular weight excluding hydrogens is 320 g/mol. The van der Waals surface area contributed by atoms with Crippen LogP contribution in [0.5, 0.6) is 5.75 Å². The monoisotopic (exact) mass is 336 g/mol. The van der Waals surface area contributed by atoms with Crippen LogP contribution in [0.2, 0.25) is 0 Å². The highest BCUT2D eigenvalue weighted by Crippen LogP contribution is 2.23. The molecule has 4 heteroatoms. The number of rotatable bonds is 6. The topological polar surface area (TPSA) is 49.7 Å². The predicted molar refractivity (Wildman–Crippen MR) is 82.0 cm³/mol. The van der Waals surface area contributed by atoms with Gasteiger partial charge < -0.3 is 14.9 Å². The Hall–Kier alpha value is -1.36. The van der Waals surface area contributed by atoms with Crippen molar-refractivity contribution in [1.29, 1.82) is 0 Å².